The summed E-state index contributed by atoms with van der Waals surface area (Å²) >= 11 is 0. The van der Waals surface area contributed by atoms with Crippen LogP contribution in [0, 0.1) is 0 Å². The molecule has 0 aliphatic rings. The Morgan fingerprint density at radius 2 is 1.68 bits per heavy atom. The molecule has 3 aromatic carbocycles. The molecule has 0 unspecified atom stereocenters. The van der Waals surface area contributed by atoms with Crippen LogP contribution in [0.4, 0.5) is 4.79 Å². The van der Waals surface area contributed by atoms with E-state index in [9.17, 15) is 13.2 Å². The number of para-hydroxylation sites is 1. The van der Waals surface area contributed by atoms with Crippen molar-refractivity contribution in [1.82, 2.24) is 14.9 Å². The zero-order valence-corrected chi connectivity index (χ0v) is 21.5. The SMILES string of the molecule is C[C@@H](Oc1ccc(-c2cn(C(=O)NCCCOc3ccccc3)cn2)cc1)c1ccc(S(C)(=O)=O)cc1. The number of imidazole rings is 1. The van der Waals surface area contributed by atoms with Crippen molar-refractivity contribution in [3.05, 3.63) is 97.0 Å². The van der Waals surface area contributed by atoms with Crippen LogP contribution in [0.3, 0.4) is 0 Å². The van der Waals surface area contributed by atoms with Crippen molar-refractivity contribution in [1.29, 1.82) is 0 Å². The second-order valence-corrected chi connectivity index (χ2v) is 10.6. The number of carbonyl (C=O) groups excluding carboxylic acids is 1. The molecule has 1 N–H and O–H groups in total. The van der Waals surface area contributed by atoms with Crippen molar-refractivity contribution < 1.29 is 22.7 Å². The summed E-state index contributed by atoms with van der Waals surface area (Å²) in [4.78, 5) is 17.0. The van der Waals surface area contributed by atoms with Gasteiger partial charge in [0.25, 0.3) is 0 Å². The van der Waals surface area contributed by atoms with Crippen LogP contribution in [0.1, 0.15) is 25.0 Å². The van der Waals surface area contributed by atoms with E-state index in [-0.39, 0.29) is 17.0 Å². The lowest BCUT2D eigenvalue weighted by Gasteiger charge is -2.15. The first-order valence-electron chi connectivity index (χ1n) is 11.9. The molecule has 1 heterocycles. The van der Waals surface area contributed by atoms with Gasteiger partial charge in [-0.1, -0.05) is 30.3 Å². The molecule has 0 fully saturated rings. The largest absolute Gasteiger partial charge is 0.494 e. The normalized spacial score (nSPS) is 12.1. The molecule has 4 aromatic rings. The Morgan fingerprint density at radius 1 is 0.973 bits per heavy atom. The highest BCUT2D eigenvalue weighted by atomic mass is 32.2. The third kappa shape index (κ3) is 7.20. The van der Waals surface area contributed by atoms with E-state index in [2.05, 4.69) is 10.3 Å². The van der Waals surface area contributed by atoms with Crippen LogP contribution >= 0.6 is 0 Å². The average molecular weight is 520 g/mol. The van der Waals surface area contributed by atoms with Crippen LogP contribution in [0.25, 0.3) is 11.3 Å². The van der Waals surface area contributed by atoms with E-state index >= 15 is 0 Å². The number of benzene rings is 3. The second-order valence-electron chi connectivity index (χ2n) is 8.54. The van der Waals surface area contributed by atoms with Crippen LogP contribution < -0.4 is 14.8 Å². The van der Waals surface area contributed by atoms with Crippen molar-refractivity contribution in [3.63, 3.8) is 0 Å². The lowest BCUT2D eigenvalue weighted by atomic mass is 10.1. The first-order valence-corrected chi connectivity index (χ1v) is 13.8. The van der Waals surface area contributed by atoms with Gasteiger partial charge < -0.3 is 14.8 Å². The molecule has 37 heavy (non-hydrogen) atoms. The molecule has 192 valence electrons. The maximum Gasteiger partial charge on any atom is 0.326 e. The maximum absolute atomic E-state index is 12.4. The number of aromatic nitrogens is 2. The second kappa shape index (κ2) is 11.7. The first kappa shape index (κ1) is 26.0. The van der Waals surface area contributed by atoms with E-state index in [0.717, 1.165) is 16.9 Å². The minimum atomic E-state index is -3.23. The Kier molecular flexibility index (Phi) is 8.25. The Bertz CT molecular complexity index is 1420. The third-order valence-electron chi connectivity index (χ3n) is 5.67. The van der Waals surface area contributed by atoms with Gasteiger partial charge in [0.2, 0.25) is 0 Å². The molecule has 9 heteroatoms. The lowest BCUT2D eigenvalue weighted by molar-refractivity contribution is 0.227. The molecule has 0 bridgehead atoms. The van der Waals surface area contributed by atoms with E-state index in [0.29, 0.717) is 31.0 Å². The van der Waals surface area contributed by atoms with Crippen molar-refractivity contribution in [2.75, 3.05) is 19.4 Å². The number of nitrogens with zero attached hydrogens (tertiary/aromatic N) is 2. The molecule has 0 spiro atoms. The Labute approximate surface area is 216 Å². The molecule has 8 nitrogen and oxygen atoms in total. The fourth-order valence-electron chi connectivity index (χ4n) is 3.61. The third-order valence-corrected chi connectivity index (χ3v) is 6.80. The number of amides is 1. The van der Waals surface area contributed by atoms with Gasteiger partial charge in [-0.05, 0) is 67.4 Å². The fraction of sp³-hybridized carbons (Fsp3) is 0.214. The molecule has 4 rings (SSSR count). The number of hydrogen-bond acceptors (Lipinski definition) is 6. The number of carbonyl (C=O) groups is 1. The Hall–Kier alpha value is -4.11. The van der Waals surface area contributed by atoms with Gasteiger partial charge in [-0.3, -0.25) is 4.57 Å². The van der Waals surface area contributed by atoms with Gasteiger partial charge in [-0.2, -0.15) is 0 Å². The van der Waals surface area contributed by atoms with Crippen LogP contribution in [0.5, 0.6) is 11.5 Å². The number of sulfone groups is 1. The van der Waals surface area contributed by atoms with Crippen molar-refractivity contribution in [2.24, 2.45) is 0 Å². The predicted molar refractivity (Wildman–Crippen MR) is 142 cm³/mol. The highest BCUT2D eigenvalue weighted by molar-refractivity contribution is 7.90. The van der Waals surface area contributed by atoms with Crippen LogP contribution in [0.15, 0.2) is 96.3 Å². The van der Waals surface area contributed by atoms with Crippen molar-refractivity contribution >= 4 is 15.9 Å². The topological polar surface area (TPSA) is 99.5 Å². The highest BCUT2D eigenvalue weighted by Crippen LogP contribution is 2.26. The monoisotopic (exact) mass is 519 g/mol. The summed E-state index contributed by atoms with van der Waals surface area (Å²) in [5.41, 5.74) is 2.38. The van der Waals surface area contributed by atoms with E-state index in [1.807, 2.05) is 61.5 Å². The van der Waals surface area contributed by atoms with Crippen LogP contribution in [0.2, 0.25) is 0 Å². The quantitative estimate of drug-likeness (QED) is 0.292. The Balaban J connectivity index is 1.27. The minimum Gasteiger partial charge on any atom is -0.494 e. The summed E-state index contributed by atoms with van der Waals surface area (Å²) < 4.78 is 36.3. The number of ether oxygens (including phenoxy) is 2. The summed E-state index contributed by atoms with van der Waals surface area (Å²) in [5.74, 6) is 1.47. The molecular formula is C28H29N3O5S. The minimum absolute atomic E-state index is 0.255. The molecule has 0 aliphatic heterocycles. The van der Waals surface area contributed by atoms with E-state index in [4.69, 9.17) is 9.47 Å². The molecule has 1 amide bonds. The smallest absolute Gasteiger partial charge is 0.326 e. The van der Waals surface area contributed by atoms with Crippen LogP contribution in [-0.4, -0.2) is 43.4 Å². The number of rotatable bonds is 10. The van der Waals surface area contributed by atoms with Crippen molar-refractivity contribution in [2.45, 2.75) is 24.3 Å². The molecule has 0 saturated heterocycles. The van der Waals surface area contributed by atoms with Gasteiger partial charge in [-0.25, -0.2) is 18.2 Å². The molecule has 0 aliphatic carbocycles. The van der Waals surface area contributed by atoms with E-state index in [1.54, 1.807) is 30.5 Å². The van der Waals surface area contributed by atoms with Gasteiger partial charge in [0, 0.05) is 24.6 Å². The van der Waals surface area contributed by atoms with E-state index < -0.39 is 9.84 Å². The molecule has 1 aromatic heterocycles. The Morgan fingerprint density at radius 3 is 2.35 bits per heavy atom. The zero-order valence-electron chi connectivity index (χ0n) is 20.7. The van der Waals surface area contributed by atoms with Gasteiger partial charge in [0.1, 0.15) is 23.9 Å². The number of nitrogens with one attached hydrogen (secondary N) is 1. The highest BCUT2D eigenvalue weighted by Gasteiger charge is 2.12. The standard InChI is InChI=1S/C28H29N3O5S/c1-21(22-11-15-26(16-12-22)37(2,33)34)36-25-13-9-23(10-14-25)27-19-31(20-30-27)28(32)29-17-6-18-35-24-7-4-3-5-8-24/h3-5,7-16,19-21H,6,17-18H2,1-2H3,(H,29,32)/t21-/m1/s1. The molecular weight excluding hydrogens is 490 g/mol. The summed E-state index contributed by atoms with van der Waals surface area (Å²) in [5, 5.41) is 2.86. The van der Waals surface area contributed by atoms with Gasteiger partial charge in [0.05, 0.1) is 17.2 Å². The maximum atomic E-state index is 12.4. The molecule has 1 atom stereocenters. The molecule has 0 radical (unpaired) electrons. The van der Waals surface area contributed by atoms with E-state index in [1.165, 1.54) is 17.2 Å². The molecule has 0 saturated carbocycles. The van der Waals surface area contributed by atoms with Crippen LogP contribution in [-0.2, 0) is 9.84 Å². The van der Waals surface area contributed by atoms with Gasteiger partial charge >= 0.3 is 6.03 Å². The summed E-state index contributed by atoms with van der Waals surface area (Å²) in [6, 6.07) is 23.4. The summed E-state index contributed by atoms with van der Waals surface area (Å²) in [6.45, 7) is 2.90. The van der Waals surface area contributed by atoms with Crippen molar-refractivity contribution in [3.8, 4) is 22.8 Å². The summed E-state index contributed by atoms with van der Waals surface area (Å²) in [7, 11) is -3.23. The first-order chi connectivity index (χ1) is 17.8. The zero-order chi connectivity index (χ0) is 26.3. The average Bonchev–Trinajstić information content (AvgIpc) is 3.39. The van der Waals surface area contributed by atoms with Gasteiger partial charge in [0.15, 0.2) is 9.84 Å². The fourth-order valence-corrected chi connectivity index (χ4v) is 4.24. The predicted octanol–water partition coefficient (Wildman–Crippen LogP) is 5.12. The summed E-state index contributed by atoms with van der Waals surface area (Å²) in [6.07, 6.45) is 4.77. The van der Waals surface area contributed by atoms with Gasteiger partial charge in [-0.15, -0.1) is 0 Å². The lowest BCUT2D eigenvalue weighted by Crippen LogP contribution is -2.29. The number of hydrogen-bond donors (Lipinski definition) is 1.